The molecule has 0 saturated heterocycles. The summed E-state index contributed by atoms with van der Waals surface area (Å²) < 4.78 is 47.1. The van der Waals surface area contributed by atoms with Crippen LogP contribution in [0.15, 0.2) is 36.4 Å². The van der Waals surface area contributed by atoms with Crippen LogP contribution >= 0.6 is 0 Å². The minimum absolute atomic E-state index is 0.137. The van der Waals surface area contributed by atoms with Gasteiger partial charge >= 0.3 is 6.29 Å². The molecule has 1 aromatic carbocycles. The third kappa shape index (κ3) is 2.73. The number of fused-ring (bicyclic) bond motifs is 1. The van der Waals surface area contributed by atoms with Gasteiger partial charge in [0.15, 0.2) is 11.5 Å². The van der Waals surface area contributed by atoms with E-state index in [1.54, 1.807) is 0 Å². The zero-order valence-electron chi connectivity index (χ0n) is 10.3. The summed E-state index contributed by atoms with van der Waals surface area (Å²) in [6.07, 6.45) is -3.73. The largest absolute Gasteiger partial charge is 0.586 e. The quantitative estimate of drug-likeness (QED) is 0.866. The van der Waals surface area contributed by atoms with Crippen molar-refractivity contribution in [2.45, 2.75) is 6.29 Å². The highest BCUT2D eigenvalue weighted by Crippen LogP contribution is 2.42. The Morgan fingerprint density at radius 2 is 1.90 bits per heavy atom. The molecule has 1 aliphatic heterocycles. The Morgan fingerprint density at radius 1 is 1.14 bits per heavy atom. The fourth-order valence-corrected chi connectivity index (χ4v) is 1.76. The molecule has 0 radical (unpaired) electrons. The van der Waals surface area contributed by atoms with Crippen LogP contribution in [0.2, 0.25) is 0 Å². The molecular formula is C13H7F3N2O3. The van der Waals surface area contributed by atoms with E-state index < -0.39 is 18.1 Å². The van der Waals surface area contributed by atoms with E-state index in [0.29, 0.717) is 0 Å². The molecule has 2 heterocycles. The Bertz CT molecular complexity index is 722. The fraction of sp³-hybridized carbons (Fsp3) is 0.0769. The van der Waals surface area contributed by atoms with Crippen LogP contribution in [-0.2, 0) is 0 Å². The maximum atomic E-state index is 12.9. The molecule has 21 heavy (non-hydrogen) atoms. The zero-order chi connectivity index (χ0) is 15.0. The van der Waals surface area contributed by atoms with Gasteiger partial charge < -0.3 is 14.8 Å². The van der Waals surface area contributed by atoms with Gasteiger partial charge in [0.25, 0.3) is 5.91 Å². The lowest BCUT2D eigenvalue weighted by Crippen LogP contribution is -2.25. The van der Waals surface area contributed by atoms with Crippen molar-refractivity contribution in [1.82, 2.24) is 4.98 Å². The summed E-state index contributed by atoms with van der Waals surface area (Å²) in [5.74, 6) is -1.82. The van der Waals surface area contributed by atoms with Gasteiger partial charge in [-0.3, -0.25) is 4.79 Å². The molecule has 0 atom stereocenters. The molecule has 0 saturated carbocycles. The molecule has 1 N–H and O–H groups in total. The number of aromatic nitrogens is 1. The molecule has 0 bridgehead atoms. The average molecular weight is 296 g/mol. The number of ether oxygens (including phenoxy) is 2. The first-order valence-corrected chi connectivity index (χ1v) is 5.77. The van der Waals surface area contributed by atoms with Gasteiger partial charge in [-0.25, -0.2) is 4.98 Å². The van der Waals surface area contributed by atoms with Gasteiger partial charge in [-0.15, -0.1) is 8.78 Å². The van der Waals surface area contributed by atoms with Gasteiger partial charge in [-0.1, -0.05) is 6.07 Å². The minimum Gasteiger partial charge on any atom is -0.395 e. The van der Waals surface area contributed by atoms with Crippen LogP contribution in [0.3, 0.4) is 0 Å². The van der Waals surface area contributed by atoms with E-state index in [4.69, 9.17) is 0 Å². The number of halogens is 3. The number of anilines is 1. The number of hydrogen-bond acceptors (Lipinski definition) is 4. The Hall–Kier alpha value is -2.77. The van der Waals surface area contributed by atoms with Crippen LogP contribution in [0.25, 0.3) is 0 Å². The third-order valence-corrected chi connectivity index (χ3v) is 2.61. The summed E-state index contributed by atoms with van der Waals surface area (Å²) in [6.45, 7) is 0. The number of carbonyl (C=O) groups excluding carboxylic acids is 1. The molecule has 3 rings (SSSR count). The highest BCUT2D eigenvalue weighted by molar-refractivity contribution is 6.02. The smallest absolute Gasteiger partial charge is 0.395 e. The van der Waals surface area contributed by atoms with Crippen LogP contribution < -0.4 is 14.8 Å². The molecule has 0 fully saturated rings. The second-order valence-corrected chi connectivity index (χ2v) is 4.13. The van der Waals surface area contributed by atoms with Gasteiger partial charge in [0.05, 0.1) is 0 Å². The summed E-state index contributed by atoms with van der Waals surface area (Å²) in [5, 5.41) is 2.39. The second kappa shape index (κ2) is 4.65. The lowest BCUT2D eigenvalue weighted by molar-refractivity contribution is -0.286. The molecule has 0 spiro atoms. The van der Waals surface area contributed by atoms with Crippen molar-refractivity contribution in [3.8, 4) is 11.5 Å². The summed E-state index contributed by atoms with van der Waals surface area (Å²) in [6, 6.07) is 7.50. The van der Waals surface area contributed by atoms with E-state index in [9.17, 15) is 18.0 Å². The molecule has 1 aliphatic rings. The number of pyridine rings is 1. The number of benzene rings is 1. The number of carbonyl (C=O) groups is 1. The van der Waals surface area contributed by atoms with Gasteiger partial charge in [-0.2, -0.15) is 4.39 Å². The third-order valence-electron chi connectivity index (χ3n) is 2.61. The normalized spacial score (nSPS) is 14.8. The number of rotatable bonds is 2. The predicted octanol–water partition coefficient (Wildman–Crippen LogP) is 2.79. The number of nitrogens with zero attached hydrogens (tertiary/aromatic N) is 1. The topological polar surface area (TPSA) is 60.5 Å². The van der Waals surface area contributed by atoms with Crippen LogP contribution in [0.4, 0.5) is 18.9 Å². The Kier molecular flexibility index (Phi) is 2.93. The number of nitrogens with one attached hydrogen (secondary N) is 1. The fourth-order valence-electron chi connectivity index (χ4n) is 1.76. The maximum absolute atomic E-state index is 12.9. The lowest BCUT2D eigenvalue weighted by atomic mass is 10.2. The van der Waals surface area contributed by atoms with Crippen molar-refractivity contribution >= 4 is 11.6 Å². The highest BCUT2D eigenvalue weighted by atomic mass is 19.3. The van der Waals surface area contributed by atoms with Crippen molar-refractivity contribution in [2.24, 2.45) is 0 Å². The molecule has 2 aromatic rings. The molecule has 1 amide bonds. The molecule has 1 aromatic heterocycles. The van der Waals surface area contributed by atoms with Crippen molar-refractivity contribution in [3.05, 3.63) is 48.0 Å². The second-order valence-electron chi connectivity index (χ2n) is 4.13. The van der Waals surface area contributed by atoms with Gasteiger partial charge in [0.2, 0.25) is 5.95 Å². The van der Waals surface area contributed by atoms with Crippen LogP contribution in [0.1, 0.15) is 10.5 Å². The number of hydrogen-bond donors (Lipinski definition) is 1. The van der Waals surface area contributed by atoms with E-state index in [-0.39, 0.29) is 22.9 Å². The first-order valence-electron chi connectivity index (χ1n) is 5.77. The van der Waals surface area contributed by atoms with E-state index >= 15 is 0 Å². The number of amides is 1. The Labute approximate surface area is 116 Å². The van der Waals surface area contributed by atoms with E-state index in [1.165, 1.54) is 30.3 Å². The summed E-state index contributed by atoms with van der Waals surface area (Å²) in [5.41, 5.74) is 0.0455. The summed E-state index contributed by atoms with van der Waals surface area (Å²) in [4.78, 5) is 15.2. The van der Waals surface area contributed by atoms with Crippen molar-refractivity contribution in [3.63, 3.8) is 0 Å². The Morgan fingerprint density at radius 3 is 2.67 bits per heavy atom. The first-order chi connectivity index (χ1) is 9.93. The van der Waals surface area contributed by atoms with Crippen LogP contribution in [-0.4, -0.2) is 17.2 Å². The molecule has 0 unspecified atom stereocenters. The Balaban J connectivity index is 1.79. The van der Waals surface area contributed by atoms with Crippen LogP contribution in [0.5, 0.6) is 11.5 Å². The highest BCUT2D eigenvalue weighted by Gasteiger charge is 2.43. The molecule has 8 heteroatoms. The van der Waals surface area contributed by atoms with Crippen LogP contribution in [0, 0.1) is 5.95 Å². The summed E-state index contributed by atoms with van der Waals surface area (Å²) in [7, 11) is 0. The number of alkyl halides is 2. The van der Waals surface area contributed by atoms with Crippen molar-refractivity contribution in [2.75, 3.05) is 5.32 Å². The summed E-state index contributed by atoms with van der Waals surface area (Å²) >= 11 is 0. The molecule has 5 nitrogen and oxygen atoms in total. The van der Waals surface area contributed by atoms with Gasteiger partial charge in [-0.05, 0) is 24.3 Å². The van der Waals surface area contributed by atoms with Crippen molar-refractivity contribution in [1.29, 1.82) is 0 Å². The minimum atomic E-state index is -3.73. The van der Waals surface area contributed by atoms with Gasteiger partial charge in [0, 0.05) is 11.8 Å². The first kappa shape index (κ1) is 13.2. The monoisotopic (exact) mass is 296 g/mol. The van der Waals surface area contributed by atoms with E-state index in [1.807, 2.05) is 0 Å². The molecule has 0 aliphatic carbocycles. The molecular weight excluding hydrogens is 289 g/mol. The lowest BCUT2D eigenvalue weighted by Gasteiger charge is -2.05. The van der Waals surface area contributed by atoms with Gasteiger partial charge in [0.1, 0.15) is 5.69 Å². The standard InChI is InChI=1S/C13H7F3N2O3/c14-11-3-1-2-8(18-11)12(19)17-7-4-5-9-10(6-7)21-13(15,16)20-9/h1-6H,(H,17,19). The average Bonchev–Trinajstić information content (AvgIpc) is 2.72. The maximum Gasteiger partial charge on any atom is 0.586 e. The molecule has 108 valence electrons. The van der Waals surface area contributed by atoms with Crippen molar-refractivity contribution < 1.29 is 27.4 Å². The van der Waals surface area contributed by atoms with E-state index in [2.05, 4.69) is 19.8 Å². The zero-order valence-corrected chi connectivity index (χ0v) is 10.3. The van der Waals surface area contributed by atoms with E-state index in [0.717, 1.165) is 6.07 Å². The predicted molar refractivity (Wildman–Crippen MR) is 64.8 cm³/mol. The SMILES string of the molecule is O=C(Nc1ccc2c(c1)OC(F)(F)O2)c1cccc(F)n1.